The Morgan fingerprint density at radius 1 is 0.900 bits per heavy atom. The summed E-state index contributed by atoms with van der Waals surface area (Å²) < 4.78 is 7.96. The fourth-order valence-electron chi connectivity index (χ4n) is 2.14. The molecule has 0 aliphatic heterocycles. The van der Waals surface area contributed by atoms with Crippen LogP contribution in [0.25, 0.3) is 0 Å². The molecule has 0 spiro atoms. The van der Waals surface area contributed by atoms with Crippen molar-refractivity contribution in [3.05, 3.63) is 37.4 Å². The molecule has 3 unspecified atom stereocenters. The first-order chi connectivity index (χ1) is 14.0. The Morgan fingerprint density at radius 3 is 1.53 bits per heavy atom. The molecule has 0 saturated carbocycles. The number of carboxylic acid groups (broad SMARTS) is 2. The number of hydrogen-bond donors (Lipinski definition) is 3. The van der Waals surface area contributed by atoms with Gasteiger partial charge in [0, 0.05) is 12.0 Å². The van der Waals surface area contributed by atoms with Gasteiger partial charge in [0.15, 0.2) is 0 Å². The molecule has 0 fully saturated rings. The van der Waals surface area contributed by atoms with Gasteiger partial charge < -0.3 is 25.5 Å². The van der Waals surface area contributed by atoms with Crippen molar-refractivity contribution in [3.8, 4) is 0 Å². The number of nitrogens with two attached hydrogens (primary N) is 3. The fourth-order valence-corrected chi connectivity index (χ4v) is 2.14. The van der Waals surface area contributed by atoms with Crippen molar-refractivity contribution in [2.45, 2.75) is 57.9 Å². The Kier molecular flexibility index (Phi) is 12.9. The largest absolute Gasteiger partial charge is 0.550 e. The van der Waals surface area contributed by atoms with Gasteiger partial charge in [-0.05, 0) is 25.7 Å². The van der Waals surface area contributed by atoms with E-state index in [9.17, 15) is 19.8 Å². The summed E-state index contributed by atoms with van der Waals surface area (Å²) in [7, 11) is 3.97. The molecule has 0 radical (unpaired) electrons. The van der Waals surface area contributed by atoms with E-state index in [0.717, 1.165) is 12.8 Å². The Labute approximate surface area is 177 Å². The zero-order valence-corrected chi connectivity index (χ0v) is 18.2. The normalized spacial score (nSPS) is 13.2. The first-order valence-corrected chi connectivity index (χ1v) is 9.74. The van der Waals surface area contributed by atoms with E-state index in [-0.39, 0.29) is 25.2 Å². The van der Waals surface area contributed by atoms with Crippen LogP contribution < -0.4 is 36.5 Å². The lowest BCUT2D eigenvalue weighted by Crippen LogP contribution is -2.42. The highest BCUT2D eigenvalue weighted by Gasteiger charge is 2.07. The standard InChI is InChI=1S/2C7H14N3.C5H9NO4/c2*1-3-7(8)10-5-4-9(2)6-10;6-3(5(9)10)1-2-4(7)8/h2*4-7H,3,8H2,1-2H3;3H,1-2,6H2,(H,7,8)(H,9,10)/q2*+1;/p-2. The molecule has 0 bridgehead atoms. The van der Waals surface area contributed by atoms with Crippen molar-refractivity contribution in [2.24, 2.45) is 31.3 Å². The van der Waals surface area contributed by atoms with E-state index >= 15 is 0 Å². The lowest BCUT2D eigenvalue weighted by atomic mass is 10.2. The van der Waals surface area contributed by atoms with Gasteiger partial charge in [0.05, 0.1) is 20.1 Å². The summed E-state index contributed by atoms with van der Waals surface area (Å²) in [5.74, 6) is -2.75. The van der Waals surface area contributed by atoms with Gasteiger partial charge in [0.25, 0.3) is 0 Å². The van der Waals surface area contributed by atoms with Gasteiger partial charge in [-0.3, -0.25) is 11.5 Å². The summed E-state index contributed by atoms with van der Waals surface area (Å²) in [6.07, 6.45) is 13.6. The molecule has 2 heterocycles. The van der Waals surface area contributed by atoms with Gasteiger partial charge in [-0.1, -0.05) is 13.8 Å². The summed E-state index contributed by atoms with van der Waals surface area (Å²) in [4.78, 5) is 19.6. The van der Waals surface area contributed by atoms with Crippen LogP contribution in [0.2, 0.25) is 0 Å². The third-order valence-corrected chi connectivity index (χ3v) is 4.14. The lowest BCUT2D eigenvalue weighted by molar-refractivity contribution is -0.722. The molecular formula is C19H35N7O4. The highest BCUT2D eigenvalue weighted by atomic mass is 16.4. The maximum atomic E-state index is 9.86. The topological polar surface area (TPSA) is 176 Å². The minimum absolute atomic E-state index is 0.126. The van der Waals surface area contributed by atoms with E-state index in [2.05, 4.69) is 13.8 Å². The average molecular weight is 426 g/mol. The molecule has 2 aromatic rings. The molecule has 0 aromatic carbocycles. The van der Waals surface area contributed by atoms with Crippen LogP contribution in [0.15, 0.2) is 37.4 Å². The van der Waals surface area contributed by atoms with Crippen molar-refractivity contribution in [3.63, 3.8) is 0 Å². The van der Waals surface area contributed by atoms with Crippen LogP contribution in [0, 0.1) is 0 Å². The smallest absolute Gasteiger partial charge is 0.244 e. The second kappa shape index (κ2) is 14.3. The highest BCUT2D eigenvalue weighted by molar-refractivity contribution is 5.72. The number of carbonyl (C=O) groups is 2. The molecule has 0 amide bonds. The summed E-state index contributed by atoms with van der Waals surface area (Å²) in [6.45, 7) is 4.15. The summed E-state index contributed by atoms with van der Waals surface area (Å²) in [5.41, 5.74) is 16.4. The number of carbonyl (C=O) groups excluding carboxylic acids is 2. The van der Waals surface area contributed by atoms with Crippen molar-refractivity contribution in [2.75, 3.05) is 0 Å². The van der Waals surface area contributed by atoms with Crippen LogP contribution in [0.5, 0.6) is 0 Å². The van der Waals surface area contributed by atoms with E-state index in [1.165, 1.54) is 0 Å². The molecule has 2 rings (SSSR count). The number of rotatable bonds is 8. The predicted molar refractivity (Wildman–Crippen MR) is 105 cm³/mol. The SMILES string of the molecule is CCC(N)[n+]1ccn(C)c1.CCC(N)[n+]1ccn(C)c1.NC(CCC(=O)[O-])C(=O)[O-]. The Morgan fingerprint density at radius 2 is 1.30 bits per heavy atom. The lowest BCUT2D eigenvalue weighted by Gasteiger charge is -2.11. The molecular weight excluding hydrogens is 390 g/mol. The number of hydrogen-bond acceptors (Lipinski definition) is 7. The van der Waals surface area contributed by atoms with Gasteiger partial charge in [-0.2, -0.15) is 0 Å². The third kappa shape index (κ3) is 11.3. The van der Waals surface area contributed by atoms with Crippen LogP contribution in [0.4, 0.5) is 0 Å². The number of carboxylic acids is 2. The van der Waals surface area contributed by atoms with Gasteiger partial charge in [0.1, 0.15) is 37.1 Å². The first-order valence-electron chi connectivity index (χ1n) is 9.74. The molecule has 3 atom stereocenters. The minimum atomic E-state index is -1.44. The fraction of sp³-hybridized carbons (Fsp3) is 0.579. The second-order valence-electron chi connectivity index (χ2n) is 6.84. The van der Waals surface area contributed by atoms with Gasteiger partial charge in [-0.25, -0.2) is 18.3 Å². The Balaban J connectivity index is 0.000000420. The Bertz CT molecular complexity index is 713. The number of aryl methyl sites for hydroxylation is 2. The Hall–Kier alpha value is -2.76. The van der Waals surface area contributed by atoms with Crippen LogP contribution in [-0.4, -0.2) is 27.1 Å². The van der Waals surface area contributed by atoms with Gasteiger partial charge in [-0.15, -0.1) is 0 Å². The zero-order chi connectivity index (χ0) is 23.3. The summed E-state index contributed by atoms with van der Waals surface area (Å²) >= 11 is 0. The molecule has 0 saturated heterocycles. The summed E-state index contributed by atoms with van der Waals surface area (Å²) in [5, 5.41) is 19.6. The number of aliphatic carboxylic acids is 2. The maximum absolute atomic E-state index is 9.86. The monoisotopic (exact) mass is 425 g/mol. The average Bonchev–Trinajstić information content (AvgIpc) is 3.34. The van der Waals surface area contributed by atoms with Crippen LogP contribution in [0.1, 0.15) is 51.9 Å². The van der Waals surface area contributed by atoms with Crippen LogP contribution in [-0.2, 0) is 23.7 Å². The molecule has 2 aromatic heterocycles. The molecule has 11 nitrogen and oxygen atoms in total. The first kappa shape index (κ1) is 27.2. The molecule has 30 heavy (non-hydrogen) atoms. The number of nitrogens with zero attached hydrogens (tertiary/aromatic N) is 4. The maximum Gasteiger partial charge on any atom is 0.244 e. The van der Waals surface area contributed by atoms with Gasteiger partial charge >= 0.3 is 0 Å². The van der Waals surface area contributed by atoms with E-state index in [0.29, 0.717) is 0 Å². The second-order valence-corrected chi connectivity index (χ2v) is 6.84. The molecule has 170 valence electrons. The van der Waals surface area contributed by atoms with E-state index < -0.39 is 18.0 Å². The summed E-state index contributed by atoms with van der Waals surface area (Å²) in [6, 6.07) is -1.21. The third-order valence-electron chi connectivity index (χ3n) is 4.14. The molecule has 0 aliphatic carbocycles. The minimum Gasteiger partial charge on any atom is -0.550 e. The highest BCUT2D eigenvalue weighted by Crippen LogP contribution is 1.92. The van der Waals surface area contributed by atoms with Crippen LogP contribution in [0.3, 0.4) is 0 Å². The quantitative estimate of drug-likeness (QED) is 0.376. The van der Waals surface area contributed by atoms with Crippen molar-refractivity contribution in [1.29, 1.82) is 0 Å². The van der Waals surface area contributed by atoms with Crippen LogP contribution >= 0.6 is 0 Å². The number of aromatic nitrogens is 4. The van der Waals surface area contributed by atoms with Gasteiger partial charge in [0.2, 0.25) is 12.7 Å². The molecule has 0 aliphatic rings. The van der Waals surface area contributed by atoms with Crippen molar-refractivity contribution in [1.82, 2.24) is 9.13 Å². The number of imidazole rings is 2. The predicted octanol–water partition coefficient (Wildman–Crippen LogP) is -3.05. The van der Waals surface area contributed by atoms with Crippen molar-refractivity contribution >= 4 is 11.9 Å². The van der Waals surface area contributed by atoms with E-state index in [4.69, 9.17) is 17.2 Å². The van der Waals surface area contributed by atoms with Crippen molar-refractivity contribution < 1.29 is 28.9 Å². The molecule has 11 heteroatoms. The molecule has 6 N–H and O–H groups in total. The van der Waals surface area contributed by atoms with E-state index in [1.54, 1.807) is 0 Å². The zero-order valence-electron chi connectivity index (χ0n) is 18.2. The van der Waals surface area contributed by atoms with E-state index in [1.807, 2.05) is 69.8 Å².